The highest BCUT2D eigenvalue weighted by Crippen LogP contribution is 2.38. The van der Waals surface area contributed by atoms with E-state index in [0.717, 1.165) is 28.2 Å². The van der Waals surface area contributed by atoms with E-state index in [4.69, 9.17) is 0 Å². The van der Waals surface area contributed by atoms with Gasteiger partial charge in [0, 0.05) is 0 Å². The maximum atomic E-state index is 10.7. The summed E-state index contributed by atoms with van der Waals surface area (Å²) >= 11 is 1.65. The normalized spacial score (nSPS) is 19.2. The number of aromatic nitrogens is 2. The number of aliphatic hydroxyl groups is 1. The first-order valence-electron chi connectivity index (χ1n) is 6.56. The van der Waals surface area contributed by atoms with Crippen molar-refractivity contribution in [2.45, 2.75) is 38.2 Å². The summed E-state index contributed by atoms with van der Waals surface area (Å²) in [5, 5.41) is 10.7. The van der Waals surface area contributed by atoms with Crippen LogP contribution in [0.3, 0.4) is 0 Å². The average Bonchev–Trinajstić information content (AvgIpc) is 2.98. The molecule has 1 atom stereocenters. The van der Waals surface area contributed by atoms with Crippen LogP contribution in [0.5, 0.6) is 0 Å². The van der Waals surface area contributed by atoms with Gasteiger partial charge in [-0.3, -0.25) is 4.40 Å². The van der Waals surface area contributed by atoms with Crippen LogP contribution >= 0.6 is 11.3 Å². The van der Waals surface area contributed by atoms with Crippen LogP contribution in [0.2, 0.25) is 0 Å². The second kappa shape index (κ2) is 4.86. The molecule has 0 amide bonds. The highest BCUT2D eigenvalue weighted by molar-refractivity contribution is 7.18. The van der Waals surface area contributed by atoms with Crippen LogP contribution in [-0.4, -0.2) is 14.5 Å². The van der Waals surface area contributed by atoms with Crippen LogP contribution in [0.1, 0.15) is 48.8 Å². The molecule has 0 aromatic carbocycles. The predicted octanol–water partition coefficient (Wildman–Crippen LogP) is 3.65. The number of imidazole rings is 1. The molecule has 0 radical (unpaired) electrons. The summed E-state index contributed by atoms with van der Waals surface area (Å²) in [6.45, 7) is 3.86. The van der Waals surface area contributed by atoms with Crippen molar-refractivity contribution in [2.24, 2.45) is 5.92 Å². The molecule has 1 saturated carbocycles. The van der Waals surface area contributed by atoms with Gasteiger partial charge in [-0.2, -0.15) is 0 Å². The molecule has 1 N–H and O–H groups in total. The van der Waals surface area contributed by atoms with Crippen LogP contribution < -0.4 is 0 Å². The summed E-state index contributed by atoms with van der Waals surface area (Å²) in [5.74, 6) is 0.387. The van der Waals surface area contributed by atoms with E-state index in [1.54, 1.807) is 17.7 Å². The number of thiazole rings is 1. The summed E-state index contributed by atoms with van der Waals surface area (Å²) in [4.78, 5) is 6.31. The Morgan fingerprint density at radius 3 is 2.94 bits per heavy atom. The molecule has 0 saturated heterocycles. The van der Waals surface area contributed by atoms with E-state index in [1.807, 2.05) is 16.7 Å². The molecule has 96 valence electrons. The Kier molecular flexibility index (Phi) is 3.22. The minimum atomic E-state index is -0.388. The van der Waals surface area contributed by atoms with Gasteiger partial charge in [-0.05, 0) is 18.8 Å². The fourth-order valence-corrected chi connectivity index (χ4v) is 3.92. The second-order valence-electron chi connectivity index (χ2n) is 5.00. The van der Waals surface area contributed by atoms with Crippen molar-refractivity contribution in [3.63, 3.8) is 0 Å². The molecule has 18 heavy (non-hydrogen) atoms. The Hall–Kier alpha value is -1.13. The Labute approximate surface area is 111 Å². The number of hydrogen-bond donors (Lipinski definition) is 1. The van der Waals surface area contributed by atoms with E-state index in [9.17, 15) is 5.11 Å². The van der Waals surface area contributed by atoms with Crippen LogP contribution in [-0.2, 0) is 0 Å². The molecule has 3 nitrogen and oxygen atoms in total. The zero-order valence-corrected chi connectivity index (χ0v) is 11.2. The van der Waals surface area contributed by atoms with E-state index in [-0.39, 0.29) is 6.10 Å². The van der Waals surface area contributed by atoms with Crippen LogP contribution in [0.15, 0.2) is 19.1 Å². The topological polar surface area (TPSA) is 37.5 Å². The zero-order valence-electron chi connectivity index (χ0n) is 10.4. The van der Waals surface area contributed by atoms with Crippen molar-refractivity contribution >= 4 is 22.2 Å². The van der Waals surface area contributed by atoms with E-state index in [1.165, 1.54) is 19.3 Å². The molecule has 1 aliphatic rings. The Morgan fingerprint density at radius 1 is 1.44 bits per heavy atom. The molecular weight excluding hydrogens is 244 g/mol. The van der Waals surface area contributed by atoms with Gasteiger partial charge in [0.15, 0.2) is 0 Å². The first kappa shape index (κ1) is 11.9. The Balaban J connectivity index is 2.00. The highest BCUT2D eigenvalue weighted by atomic mass is 32.1. The minimum absolute atomic E-state index is 0.387. The van der Waals surface area contributed by atoms with Crippen molar-refractivity contribution in [1.29, 1.82) is 0 Å². The Bertz CT molecular complexity index is 551. The molecule has 1 unspecified atom stereocenters. The largest absolute Gasteiger partial charge is 0.387 e. The maximum Gasteiger partial charge on any atom is 0.120 e. The van der Waals surface area contributed by atoms with Crippen molar-refractivity contribution in [1.82, 2.24) is 9.38 Å². The molecule has 4 heteroatoms. The van der Waals surface area contributed by atoms with E-state index < -0.39 is 0 Å². The number of fused-ring (bicyclic) bond motifs is 1. The lowest BCUT2D eigenvalue weighted by Crippen LogP contribution is -2.17. The molecule has 1 fully saturated rings. The van der Waals surface area contributed by atoms with Crippen molar-refractivity contribution < 1.29 is 5.11 Å². The SMILES string of the molecule is C=Cc1sc2cncn2c1C(O)C1CCCCC1. The van der Waals surface area contributed by atoms with Crippen molar-refractivity contribution in [3.8, 4) is 0 Å². The molecule has 0 bridgehead atoms. The van der Waals surface area contributed by atoms with Crippen LogP contribution in [0, 0.1) is 5.92 Å². The minimum Gasteiger partial charge on any atom is -0.387 e. The van der Waals surface area contributed by atoms with Gasteiger partial charge >= 0.3 is 0 Å². The lowest BCUT2D eigenvalue weighted by atomic mass is 9.84. The van der Waals surface area contributed by atoms with Gasteiger partial charge in [0.05, 0.1) is 22.9 Å². The van der Waals surface area contributed by atoms with E-state index in [2.05, 4.69) is 11.6 Å². The van der Waals surface area contributed by atoms with Gasteiger partial charge in [0.25, 0.3) is 0 Å². The third-order valence-corrected chi connectivity index (χ3v) is 5.00. The predicted molar refractivity (Wildman–Crippen MR) is 74.7 cm³/mol. The summed E-state index contributed by atoms with van der Waals surface area (Å²) in [6.07, 6.45) is 11.1. The van der Waals surface area contributed by atoms with Gasteiger partial charge in [-0.1, -0.05) is 31.9 Å². The quantitative estimate of drug-likeness (QED) is 0.916. The van der Waals surface area contributed by atoms with Crippen molar-refractivity contribution in [2.75, 3.05) is 0 Å². The maximum absolute atomic E-state index is 10.7. The number of rotatable bonds is 3. The molecule has 2 heterocycles. The molecule has 0 spiro atoms. The standard InChI is InChI=1S/C14H18N2OS/c1-2-11-13(16-9-15-8-12(16)18-11)14(17)10-6-4-3-5-7-10/h2,8-10,14,17H,1,3-7H2. The fraction of sp³-hybridized carbons (Fsp3) is 0.500. The molecule has 1 aliphatic carbocycles. The van der Waals surface area contributed by atoms with Crippen LogP contribution in [0.25, 0.3) is 10.9 Å². The smallest absolute Gasteiger partial charge is 0.120 e. The first-order valence-corrected chi connectivity index (χ1v) is 7.38. The third-order valence-electron chi connectivity index (χ3n) is 3.89. The van der Waals surface area contributed by atoms with Gasteiger partial charge in [0.2, 0.25) is 0 Å². The lowest BCUT2D eigenvalue weighted by molar-refractivity contribution is 0.0805. The Morgan fingerprint density at radius 2 is 2.22 bits per heavy atom. The van der Waals surface area contributed by atoms with Gasteiger partial charge in [-0.25, -0.2) is 4.98 Å². The van der Waals surface area contributed by atoms with Gasteiger partial charge < -0.3 is 5.11 Å². The lowest BCUT2D eigenvalue weighted by Gasteiger charge is -2.26. The molecule has 3 rings (SSSR count). The fourth-order valence-electron chi connectivity index (χ4n) is 2.93. The monoisotopic (exact) mass is 262 g/mol. The highest BCUT2D eigenvalue weighted by Gasteiger charge is 2.27. The average molecular weight is 262 g/mol. The van der Waals surface area contributed by atoms with Crippen molar-refractivity contribution in [3.05, 3.63) is 29.7 Å². The first-order chi connectivity index (χ1) is 8.81. The summed E-state index contributed by atoms with van der Waals surface area (Å²) in [6, 6.07) is 0. The zero-order chi connectivity index (χ0) is 12.5. The molecule has 0 aliphatic heterocycles. The van der Waals surface area contributed by atoms with Gasteiger partial charge in [0.1, 0.15) is 11.2 Å². The third kappa shape index (κ3) is 1.89. The molecular formula is C14H18N2OS. The van der Waals surface area contributed by atoms with E-state index in [0.29, 0.717) is 5.92 Å². The van der Waals surface area contributed by atoms with E-state index >= 15 is 0 Å². The number of nitrogens with zero attached hydrogens (tertiary/aromatic N) is 2. The van der Waals surface area contributed by atoms with Crippen LogP contribution in [0.4, 0.5) is 0 Å². The molecule has 2 aromatic heterocycles. The summed E-state index contributed by atoms with van der Waals surface area (Å²) < 4.78 is 2.01. The number of aliphatic hydroxyl groups excluding tert-OH is 1. The summed E-state index contributed by atoms with van der Waals surface area (Å²) in [7, 11) is 0. The number of hydrogen-bond acceptors (Lipinski definition) is 3. The summed E-state index contributed by atoms with van der Waals surface area (Å²) in [5.41, 5.74) is 0.981. The second-order valence-corrected chi connectivity index (χ2v) is 6.06. The van der Waals surface area contributed by atoms with Gasteiger partial charge in [-0.15, -0.1) is 11.3 Å². The molecule has 2 aromatic rings.